The highest BCUT2D eigenvalue weighted by Crippen LogP contribution is 2.27. The van der Waals surface area contributed by atoms with Crippen molar-refractivity contribution in [2.24, 2.45) is 0 Å². The first-order chi connectivity index (χ1) is 9.63. The van der Waals surface area contributed by atoms with Crippen LogP contribution >= 0.6 is 0 Å². The number of nitrogens with zero attached hydrogens (tertiary/aromatic N) is 3. The Bertz CT molecular complexity index is 411. The van der Waals surface area contributed by atoms with Gasteiger partial charge in [-0.15, -0.1) is 0 Å². The second kappa shape index (κ2) is 7.04. The average molecular weight is 276 g/mol. The van der Waals surface area contributed by atoms with Crippen LogP contribution in [0.25, 0.3) is 0 Å². The van der Waals surface area contributed by atoms with E-state index in [0.29, 0.717) is 12.1 Å². The number of hydrogen-bond donors (Lipinski definition) is 1. The van der Waals surface area contributed by atoms with Gasteiger partial charge >= 0.3 is 0 Å². The van der Waals surface area contributed by atoms with Crippen molar-refractivity contribution in [1.82, 2.24) is 15.2 Å². The molecule has 0 bridgehead atoms. The molecule has 1 aliphatic heterocycles. The molecule has 1 unspecified atom stereocenters. The summed E-state index contributed by atoms with van der Waals surface area (Å²) in [4.78, 5) is 9.44. The molecule has 1 aliphatic rings. The van der Waals surface area contributed by atoms with E-state index in [1.807, 2.05) is 12.3 Å². The van der Waals surface area contributed by atoms with Crippen LogP contribution < -0.4 is 10.2 Å². The Kier molecular flexibility index (Phi) is 5.38. The second-order valence-electron chi connectivity index (χ2n) is 5.88. The largest absolute Gasteiger partial charge is 0.356 e. The number of pyridine rings is 1. The quantitative estimate of drug-likeness (QED) is 0.894. The van der Waals surface area contributed by atoms with Crippen LogP contribution in [0.5, 0.6) is 0 Å². The SMILES string of the molecule is CCNC(C)c1cccnc1N1CCC(N(C)C)CC1. The zero-order valence-electron chi connectivity index (χ0n) is 13.3. The molecule has 1 atom stereocenters. The monoisotopic (exact) mass is 276 g/mol. The molecule has 20 heavy (non-hydrogen) atoms. The van der Waals surface area contributed by atoms with Crippen molar-refractivity contribution in [1.29, 1.82) is 0 Å². The van der Waals surface area contributed by atoms with Gasteiger partial charge in [-0.05, 0) is 46.5 Å². The Morgan fingerprint density at radius 2 is 2.10 bits per heavy atom. The van der Waals surface area contributed by atoms with E-state index >= 15 is 0 Å². The molecule has 1 N–H and O–H groups in total. The molecule has 1 saturated heterocycles. The summed E-state index contributed by atoms with van der Waals surface area (Å²) in [6, 6.07) is 5.31. The first-order valence-corrected chi connectivity index (χ1v) is 7.73. The molecule has 0 saturated carbocycles. The molecule has 112 valence electrons. The Balaban J connectivity index is 2.10. The van der Waals surface area contributed by atoms with Crippen LogP contribution in [0, 0.1) is 0 Å². The molecule has 4 heteroatoms. The summed E-state index contributed by atoms with van der Waals surface area (Å²) in [5.74, 6) is 1.16. The molecule has 0 spiro atoms. The lowest BCUT2D eigenvalue weighted by atomic mass is 10.0. The number of hydrogen-bond acceptors (Lipinski definition) is 4. The molecule has 0 aliphatic carbocycles. The van der Waals surface area contributed by atoms with E-state index in [9.17, 15) is 0 Å². The maximum atomic E-state index is 4.65. The van der Waals surface area contributed by atoms with Crippen molar-refractivity contribution in [3.05, 3.63) is 23.9 Å². The van der Waals surface area contributed by atoms with Crippen LogP contribution in [-0.4, -0.2) is 49.7 Å². The Hall–Kier alpha value is -1.13. The first-order valence-electron chi connectivity index (χ1n) is 7.73. The zero-order chi connectivity index (χ0) is 14.5. The molecule has 4 nitrogen and oxygen atoms in total. The van der Waals surface area contributed by atoms with Crippen LogP contribution in [0.4, 0.5) is 5.82 Å². The maximum Gasteiger partial charge on any atom is 0.133 e. The highest BCUT2D eigenvalue weighted by Gasteiger charge is 2.23. The normalized spacial score (nSPS) is 18.6. The Morgan fingerprint density at radius 1 is 1.40 bits per heavy atom. The number of anilines is 1. The molecule has 0 radical (unpaired) electrons. The Morgan fingerprint density at radius 3 is 2.70 bits per heavy atom. The summed E-state index contributed by atoms with van der Waals surface area (Å²) in [6.07, 6.45) is 4.35. The van der Waals surface area contributed by atoms with Crippen molar-refractivity contribution in [2.45, 2.75) is 38.8 Å². The summed E-state index contributed by atoms with van der Waals surface area (Å²) >= 11 is 0. The third-order valence-corrected chi connectivity index (χ3v) is 4.29. The predicted octanol–water partition coefficient (Wildman–Crippen LogP) is 2.28. The molecule has 1 fully saturated rings. The van der Waals surface area contributed by atoms with Crippen molar-refractivity contribution >= 4 is 5.82 Å². The van der Waals surface area contributed by atoms with Gasteiger partial charge in [0, 0.05) is 36.9 Å². The topological polar surface area (TPSA) is 31.4 Å². The molecular formula is C16H28N4. The molecule has 2 heterocycles. The minimum atomic E-state index is 0.357. The van der Waals surface area contributed by atoms with Gasteiger partial charge in [-0.1, -0.05) is 13.0 Å². The maximum absolute atomic E-state index is 4.65. The summed E-state index contributed by atoms with van der Waals surface area (Å²) in [6.45, 7) is 7.56. The smallest absolute Gasteiger partial charge is 0.133 e. The van der Waals surface area contributed by atoms with Gasteiger partial charge < -0.3 is 15.1 Å². The van der Waals surface area contributed by atoms with E-state index < -0.39 is 0 Å². The fourth-order valence-electron chi connectivity index (χ4n) is 3.02. The summed E-state index contributed by atoms with van der Waals surface area (Å²) in [5.41, 5.74) is 1.32. The van der Waals surface area contributed by atoms with Crippen molar-refractivity contribution in [2.75, 3.05) is 38.6 Å². The van der Waals surface area contributed by atoms with Gasteiger partial charge in [0.25, 0.3) is 0 Å². The fraction of sp³-hybridized carbons (Fsp3) is 0.688. The lowest BCUT2D eigenvalue weighted by Gasteiger charge is -2.37. The van der Waals surface area contributed by atoms with Crippen LogP contribution in [0.3, 0.4) is 0 Å². The first kappa shape index (κ1) is 15.3. The predicted molar refractivity (Wildman–Crippen MR) is 85.3 cm³/mol. The van der Waals surface area contributed by atoms with Crippen molar-refractivity contribution < 1.29 is 0 Å². The zero-order valence-corrected chi connectivity index (χ0v) is 13.3. The minimum Gasteiger partial charge on any atom is -0.356 e. The van der Waals surface area contributed by atoms with Gasteiger partial charge in [0.15, 0.2) is 0 Å². The van der Waals surface area contributed by atoms with E-state index in [4.69, 9.17) is 0 Å². The van der Waals surface area contributed by atoms with E-state index in [0.717, 1.165) is 25.5 Å². The van der Waals surface area contributed by atoms with E-state index in [1.165, 1.54) is 18.4 Å². The minimum absolute atomic E-state index is 0.357. The molecular weight excluding hydrogens is 248 g/mol. The summed E-state index contributed by atoms with van der Waals surface area (Å²) < 4.78 is 0. The van der Waals surface area contributed by atoms with Crippen molar-refractivity contribution in [3.63, 3.8) is 0 Å². The van der Waals surface area contributed by atoms with E-state index in [1.54, 1.807) is 0 Å². The van der Waals surface area contributed by atoms with Gasteiger partial charge in [0.2, 0.25) is 0 Å². The third kappa shape index (κ3) is 3.49. The third-order valence-electron chi connectivity index (χ3n) is 4.29. The molecule has 1 aromatic rings. The fourth-order valence-corrected chi connectivity index (χ4v) is 3.02. The molecule has 0 aromatic carbocycles. The number of piperidine rings is 1. The van der Waals surface area contributed by atoms with Gasteiger partial charge in [-0.3, -0.25) is 0 Å². The van der Waals surface area contributed by atoms with Gasteiger partial charge in [-0.2, -0.15) is 0 Å². The van der Waals surface area contributed by atoms with Gasteiger partial charge in [0.05, 0.1) is 0 Å². The number of nitrogens with one attached hydrogen (secondary N) is 1. The highest BCUT2D eigenvalue weighted by molar-refractivity contribution is 5.48. The summed E-state index contributed by atoms with van der Waals surface area (Å²) in [7, 11) is 4.36. The lowest BCUT2D eigenvalue weighted by molar-refractivity contribution is 0.249. The molecule has 0 amide bonds. The average Bonchev–Trinajstić information content (AvgIpc) is 2.47. The standard InChI is InChI=1S/C16H28N4/c1-5-17-13(2)15-7-6-10-18-16(15)20-11-8-14(9-12-20)19(3)4/h6-7,10,13-14,17H,5,8-9,11-12H2,1-4H3. The van der Waals surface area contributed by atoms with E-state index in [-0.39, 0.29) is 0 Å². The van der Waals surface area contributed by atoms with Gasteiger partial charge in [0.1, 0.15) is 5.82 Å². The van der Waals surface area contributed by atoms with Gasteiger partial charge in [-0.25, -0.2) is 4.98 Å². The lowest BCUT2D eigenvalue weighted by Crippen LogP contribution is -2.42. The summed E-state index contributed by atoms with van der Waals surface area (Å²) in [5, 5.41) is 3.49. The van der Waals surface area contributed by atoms with Crippen LogP contribution in [0.1, 0.15) is 38.3 Å². The van der Waals surface area contributed by atoms with Crippen molar-refractivity contribution in [3.8, 4) is 0 Å². The molecule has 2 rings (SSSR count). The second-order valence-corrected chi connectivity index (χ2v) is 5.88. The number of aromatic nitrogens is 1. The molecule has 1 aromatic heterocycles. The number of rotatable bonds is 5. The van der Waals surface area contributed by atoms with Crippen LogP contribution in [-0.2, 0) is 0 Å². The highest BCUT2D eigenvalue weighted by atomic mass is 15.2. The van der Waals surface area contributed by atoms with Crippen LogP contribution in [0.2, 0.25) is 0 Å². The van der Waals surface area contributed by atoms with Crippen LogP contribution in [0.15, 0.2) is 18.3 Å². The van der Waals surface area contributed by atoms with E-state index in [2.05, 4.69) is 54.1 Å². The Labute approximate surface area is 123 Å².